The molecule has 2 heteroatoms. The van der Waals surface area contributed by atoms with Crippen LogP contribution in [0.15, 0.2) is 0 Å². The van der Waals surface area contributed by atoms with Gasteiger partial charge in [0.05, 0.1) is 0 Å². The lowest BCUT2D eigenvalue weighted by Crippen LogP contribution is -2.12. The topological polar surface area (TPSA) is 17.1 Å². The zero-order valence-electron chi connectivity index (χ0n) is 6.27. The molecule has 0 saturated carbocycles. The van der Waals surface area contributed by atoms with Crippen molar-refractivity contribution in [3.63, 3.8) is 0 Å². The van der Waals surface area contributed by atoms with Crippen molar-refractivity contribution in [1.82, 2.24) is 0 Å². The first-order valence-corrected chi connectivity index (χ1v) is 3.64. The Morgan fingerprint density at radius 2 is 2.00 bits per heavy atom. The van der Waals surface area contributed by atoms with Crippen molar-refractivity contribution in [1.29, 1.82) is 0 Å². The minimum absolute atomic E-state index is 0.0122. The predicted molar refractivity (Wildman–Crippen MR) is 42.7 cm³/mol. The summed E-state index contributed by atoms with van der Waals surface area (Å²) in [6.45, 7) is 6.22. The van der Waals surface area contributed by atoms with Gasteiger partial charge in [0.1, 0.15) is 0 Å². The number of carbonyl (C=O) groups is 1. The summed E-state index contributed by atoms with van der Waals surface area (Å²) in [5, 5.41) is -0.0122. The molecule has 0 unspecified atom stereocenters. The fourth-order valence-electron chi connectivity index (χ4n) is 0.534. The summed E-state index contributed by atoms with van der Waals surface area (Å²) in [4.78, 5) is 10.5. The number of rotatable bonds is 3. The SMILES string of the molecule is CCC(C)(C)CC(=O)S. The molecule has 1 nitrogen and oxygen atoms in total. The fraction of sp³-hybridized carbons (Fsp3) is 0.857. The van der Waals surface area contributed by atoms with Crippen molar-refractivity contribution < 1.29 is 4.79 Å². The van der Waals surface area contributed by atoms with Gasteiger partial charge >= 0.3 is 0 Å². The Morgan fingerprint density at radius 1 is 1.56 bits per heavy atom. The van der Waals surface area contributed by atoms with E-state index in [1.54, 1.807) is 0 Å². The molecule has 0 atom stereocenters. The van der Waals surface area contributed by atoms with Gasteiger partial charge in [0.15, 0.2) is 5.12 Å². The van der Waals surface area contributed by atoms with E-state index in [0.29, 0.717) is 6.42 Å². The van der Waals surface area contributed by atoms with Gasteiger partial charge in [-0.05, 0) is 5.41 Å². The molecule has 0 aliphatic rings. The van der Waals surface area contributed by atoms with E-state index in [0.717, 1.165) is 6.42 Å². The van der Waals surface area contributed by atoms with E-state index in [-0.39, 0.29) is 10.5 Å². The Balaban J connectivity index is 3.71. The van der Waals surface area contributed by atoms with E-state index in [9.17, 15) is 4.79 Å². The molecule has 0 aliphatic heterocycles. The lowest BCUT2D eigenvalue weighted by atomic mass is 9.87. The average molecular weight is 146 g/mol. The van der Waals surface area contributed by atoms with E-state index >= 15 is 0 Å². The van der Waals surface area contributed by atoms with Crippen LogP contribution in [0.1, 0.15) is 33.6 Å². The molecule has 0 aliphatic carbocycles. The van der Waals surface area contributed by atoms with Crippen LogP contribution in [-0.4, -0.2) is 5.12 Å². The van der Waals surface area contributed by atoms with Gasteiger partial charge in [0.2, 0.25) is 0 Å². The zero-order valence-corrected chi connectivity index (χ0v) is 7.16. The maximum absolute atomic E-state index is 10.5. The molecule has 0 radical (unpaired) electrons. The molecule has 0 spiro atoms. The zero-order chi connectivity index (χ0) is 7.49. The first-order valence-electron chi connectivity index (χ1n) is 3.20. The molecule has 0 rings (SSSR count). The summed E-state index contributed by atoms with van der Waals surface area (Å²) in [7, 11) is 0. The summed E-state index contributed by atoms with van der Waals surface area (Å²) >= 11 is 3.71. The monoisotopic (exact) mass is 146 g/mol. The third-order valence-corrected chi connectivity index (χ3v) is 1.74. The molecular formula is C7H14OS. The highest BCUT2D eigenvalue weighted by atomic mass is 32.1. The van der Waals surface area contributed by atoms with Crippen LogP contribution in [-0.2, 0) is 4.79 Å². The van der Waals surface area contributed by atoms with E-state index < -0.39 is 0 Å². The van der Waals surface area contributed by atoms with Crippen molar-refractivity contribution in [3.05, 3.63) is 0 Å². The Labute approximate surface area is 62.2 Å². The van der Waals surface area contributed by atoms with Crippen molar-refractivity contribution in [2.45, 2.75) is 33.6 Å². The molecule has 0 aromatic carbocycles. The van der Waals surface area contributed by atoms with E-state index in [4.69, 9.17) is 0 Å². The third-order valence-electron chi connectivity index (χ3n) is 1.59. The third kappa shape index (κ3) is 4.52. The Hall–Kier alpha value is 0.0200. The van der Waals surface area contributed by atoms with E-state index in [1.807, 2.05) is 0 Å². The second-order valence-electron chi connectivity index (χ2n) is 3.09. The summed E-state index contributed by atoms with van der Waals surface area (Å²) in [6, 6.07) is 0. The molecule has 0 aromatic heterocycles. The molecule has 0 heterocycles. The van der Waals surface area contributed by atoms with Gasteiger partial charge in [-0.1, -0.05) is 27.2 Å². The Morgan fingerprint density at radius 3 is 2.11 bits per heavy atom. The van der Waals surface area contributed by atoms with E-state index in [2.05, 4.69) is 33.4 Å². The molecule has 0 N–H and O–H groups in total. The number of thiol groups is 1. The van der Waals surface area contributed by atoms with Gasteiger partial charge in [-0.15, -0.1) is 12.6 Å². The highest BCUT2D eigenvalue weighted by Gasteiger charge is 2.16. The molecule has 0 saturated heterocycles. The van der Waals surface area contributed by atoms with Gasteiger partial charge < -0.3 is 0 Å². The van der Waals surface area contributed by atoms with Gasteiger partial charge in [-0.25, -0.2) is 0 Å². The number of carbonyl (C=O) groups excluding carboxylic acids is 1. The van der Waals surface area contributed by atoms with Crippen LogP contribution in [0.2, 0.25) is 0 Å². The molecule has 0 aromatic rings. The second kappa shape index (κ2) is 3.25. The Bertz CT molecular complexity index is 107. The van der Waals surface area contributed by atoms with Gasteiger partial charge in [0, 0.05) is 6.42 Å². The van der Waals surface area contributed by atoms with E-state index in [1.165, 1.54) is 0 Å². The molecule has 9 heavy (non-hydrogen) atoms. The average Bonchev–Trinajstić information content (AvgIpc) is 1.63. The van der Waals surface area contributed by atoms with Crippen LogP contribution < -0.4 is 0 Å². The molecule has 0 fully saturated rings. The smallest absolute Gasteiger partial charge is 0.186 e. The first-order chi connectivity index (χ1) is 3.98. The first kappa shape index (κ1) is 9.02. The fourth-order valence-corrected chi connectivity index (χ4v) is 0.962. The summed E-state index contributed by atoms with van der Waals surface area (Å²) in [5.41, 5.74) is 0.138. The number of hydrogen-bond acceptors (Lipinski definition) is 1. The summed E-state index contributed by atoms with van der Waals surface area (Å²) in [6.07, 6.45) is 1.60. The van der Waals surface area contributed by atoms with Crippen molar-refractivity contribution >= 4 is 17.7 Å². The largest absolute Gasteiger partial charge is 0.287 e. The van der Waals surface area contributed by atoms with Crippen molar-refractivity contribution in [2.24, 2.45) is 5.41 Å². The maximum Gasteiger partial charge on any atom is 0.186 e. The quantitative estimate of drug-likeness (QED) is 0.604. The van der Waals surface area contributed by atoms with Crippen LogP contribution in [0.3, 0.4) is 0 Å². The normalized spacial score (nSPS) is 11.6. The van der Waals surface area contributed by atoms with Crippen molar-refractivity contribution in [3.8, 4) is 0 Å². The van der Waals surface area contributed by atoms with Gasteiger partial charge in [-0.3, -0.25) is 4.79 Å². The lowest BCUT2D eigenvalue weighted by molar-refractivity contribution is -0.112. The lowest BCUT2D eigenvalue weighted by Gasteiger charge is -2.19. The van der Waals surface area contributed by atoms with Crippen LogP contribution in [0, 0.1) is 5.41 Å². The summed E-state index contributed by atoms with van der Waals surface area (Å²) < 4.78 is 0. The molecule has 54 valence electrons. The molecule has 0 amide bonds. The standard InChI is InChI=1S/C7H14OS/c1-4-7(2,3)5-6(8)9/h4-5H2,1-3H3,(H,8,9). The predicted octanol–water partition coefficient (Wildman–Crippen LogP) is 2.27. The molecule has 0 bridgehead atoms. The minimum Gasteiger partial charge on any atom is -0.287 e. The van der Waals surface area contributed by atoms with Gasteiger partial charge in [-0.2, -0.15) is 0 Å². The minimum atomic E-state index is -0.0122. The molecular weight excluding hydrogens is 132 g/mol. The summed E-state index contributed by atoms with van der Waals surface area (Å²) in [5.74, 6) is 0. The highest BCUT2D eigenvalue weighted by molar-refractivity contribution is 7.96. The Kier molecular flexibility index (Phi) is 3.26. The maximum atomic E-state index is 10.5. The van der Waals surface area contributed by atoms with Gasteiger partial charge in [0.25, 0.3) is 0 Å². The number of hydrogen-bond donors (Lipinski definition) is 1. The van der Waals surface area contributed by atoms with Crippen LogP contribution in [0.5, 0.6) is 0 Å². The highest BCUT2D eigenvalue weighted by Crippen LogP contribution is 2.24. The van der Waals surface area contributed by atoms with Crippen LogP contribution in [0.25, 0.3) is 0 Å². The van der Waals surface area contributed by atoms with Crippen molar-refractivity contribution in [2.75, 3.05) is 0 Å². The van der Waals surface area contributed by atoms with Crippen LogP contribution in [0.4, 0.5) is 0 Å². The second-order valence-corrected chi connectivity index (χ2v) is 3.59. The van der Waals surface area contributed by atoms with Crippen LogP contribution >= 0.6 is 12.6 Å².